The summed E-state index contributed by atoms with van der Waals surface area (Å²) in [5.41, 5.74) is 2.50. The minimum absolute atomic E-state index is 0.393. The molecule has 0 radical (unpaired) electrons. The number of hydrogen-bond acceptors (Lipinski definition) is 2. The predicted molar refractivity (Wildman–Crippen MR) is 85.6 cm³/mol. The number of nitrogens with zero attached hydrogens (tertiary/aromatic N) is 1. The van der Waals surface area contributed by atoms with Crippen LogP contribution in [0.25, 0.3) is 21.8 Å². The highest BCUT2D eigenvalue weighted by Gasteiger charge is 2.15. The van der Waals surface area contributed by atoms with Gasteiger partial charge in [-0.1, -0.05) is 36.9 Å². The number of ether oxygens (including phenoxy) is 1. The monoisotopic (exact) mass is 279 g/mol. The van der Waals surface area contributed by atoms with E-state index in [9.17, 15) is 4.79 Å². The molecule has 0 aliphatic rings. The molecule has 2 aromatic carbocycles. The summed E-state index contributed by atoms with van der Waals surface area (Å²) in [6.07, 6.45) is 0. The molecule has 3 heteroatoms. The molecule has 0 atom stereocenters. The maximum absolute atomic E-state index is 11.8. The molecule has 0 unspecified atom stereocenters. The molecule has 0 bridgehead atoms. The van der Waals surface area contributed by atoms with Crippen molar-refractivity contribution in [3.05, 3.63) is 54.6 Å². The number of esters is 1. The Labute approximate surface area is 123 Å². The second-order valence-electron chi connectivity index (χ2n) is 5.08. The maximum Gasteiger partial charge on any atom is 0.338 e. The van der Waals surface area contributed by atoms with E-state index in [1.165, 1.54) is 5.39 Å². The fourth-order valence-corrected chi connectivity index (χ4v) is 2.67. The second kappa shape index (κ2) is 5.09. The highest BCUT2D eigenvalue weighted by molar-refractivity contribution is 6.10. The number of aromatic nitrogens is 1. The van der Waals surface area contributed by atoms with Crippen molar-refractivity contribution >= 4 is 27.8 Å². The molecule has 0 N–H and O–H groups in total. The molecule has 106 valence electrons. The van der Waals surface area contributed by atoms with Crippen LogP contribution in [-0.2, 0) is 11.3 Å². The Hall–Kier alpha value is -2.55. The highest BCUT2D eigenvalue weighted by Crippen LogP contribution is 2.34. The van der Waals surface area contributed by atoms with E-state index in [4.69, 9.17) is 4.74 Å². The van der Waals surface area contributed by atoms with Gasteiger partial charge in [-0.2, -0.15) is 0 Å². The zero-order valence-electron chi connectivity index (χ0n) is 12.2. The van der Waals surface area contributed by atoms with Crippen molar-refractivity contribution < 1.29 is 9.53 Å². The minimum atomic E-state index is -0.393. The van der Waals surface area contributed by atoms with E-state index in [2.05, 4.69) is 36.3 Å². The van der Waals surface area contributed by atoms with E-state index in [-0.39, 0.29) is 0 Å². The summed E-state index contributed by atoms with van der Waals surface area (Å²) < 4.78 is 7.67. The lowest BCUT2D eigenvalue weighted by atomic mass is 10.1. The van der Waals surface area contributed by atoms with Crippen LogP contribution in [0.15, 0.2) is 54.6 Å². The summed E-state index contributed by atoms with van der Waals surface area (Å²) in [5.74, 6) is 0.189. The van der Waals surface area contributed by atoms with Crippen LogP contribution in [0.1, 0.15) is 13.8 Å². The molecule has 1 aromatic heterocycles. The van der Waals surface area contributed by atoms with Crippen LogP contribution < -0.4 is 4.74 Å². The van der Waals surface area contributed by atoms with Gasteiger partial charge in [-0.3, -0.25) is 0 Å². The lowest BCUT2D eigenvalue weighted by Gasteiger charge is -2.09. The fourth-order valence-electron chi connectivity index (χ4n) is 2.67. The van der Waals surface area contributed by atoms with Crippen molar-refractivity contribution in [2.75, 3.05) is 0 Å². The van der Waals surface area contributed by atoms with Gasteiger partial charge in [-0.15, -0.1) is 0 Å². The van der Waals surface area contributed by atoms with Gasteiger partial charge in [0.1, 0.15) is 0 Å². The molecule has 0 fully saturated rings. The Bertz CT molecular complexity index is 858. The fraction of sp³-hybridized carbons (Fsp3) is 0.167. The summed E-state index contributed by atoms with van der Waals surface area (Å²) in [7, 11) is 0. The number of rotatable bonds is 3. The van der Waals surface area contributed by atoms with E-state index in [0.29, 0.717) is 11.3 Å². The van der Waals surface area contributed by atoms with Gasteiger partial charge in [0, 0.05) is 28.4 Å². The van der Waals surface area contributed by atoms with Crippen LogP contribution in [0.3, 0.4) is 0 Å². The molecule has 3 rings (SSSR count). The van der Waals surface area contributed by atoms with Crippen LogP contribution in [0.2, 0.25) is 0 Å². The Kier molecular flexibility index (Phi) is 3.26. The van der Waals surface area contributed by atoms with Gasteiger partial charge < -0.3 is 9.30 Å². The average molecular weight is 279 g/mol. The molecule has 3 aromatic rings. The molecule has 0 amide bonds. The lowest BCUT2D eigenvalue weighted by Crippen LogP contribution is -2.09. The Morgan fingerprint density at radius 1 is 1.14 bits per heavy atom. The van der Waals surface area contributed by atoms with E-state index in [1.807, 2.05) is 24.3 Å². The van der Waals surface area contributed by atoms with Gasteiger partial charge >= 0.3 is 5.97 Å². The van der Waals surface area contributed by atoms with E-state index < -0.39 is 5.97 Å². The number of benzene rings is 2. The third kappa shape index (κ3) is 2.11. The molecule has 3 nitrogen and oxygen atoms in total. The molecule has 21 heavy (non-hydrogen) atoms. The smallest absolute Gasteiger partial charge is 0.338 e. The standard InChI is InChI=1S/C18H17NO2/c1-4-19-15-10-6-5-8-13(15)14-9-7-11-16(17(14)19)21-18(20)12(2)3/h5-11H,2,4H2,1,3H3. The maximum atomic E-state index is 11.8. The van der Waals surface area contributed by atoms with Crippen molar-refractivity contribution in [1.29, 1.82) is 0 Å². The number of hydrogen-bond donors (Lipinski definition) is 0. The van der Waals surface area contributed by atoms with Crippen LogP contribution in [0.4, 0.5) is 0 Å². The van der Waals surface area contributed by atoms with Gasteiger partial charge in [-0.05, 0) is 26.0 Å². The third-order valence-electron chi connectivity index (χ3n) is 3.62. The van der Waals surface area contributed by atoms with Gasteiger partial charge in [0.15, 0.2) is 5.75 Å². The number of fused-ring (bicyclic) bond motifs is 3. The number of carbonyl (C=O) groups is 1. The van der Waals surface area contributed by atoms with Gasteiger partial charge in [0.25, 0.3) is 0 Å². The summed E-state index contributed by atoms with van der Waals surface area (Å²) in [5, 5.41) is 2.27. The van der Waals surface area contributed by atoms with Crippen molar-refractivity contribution in [3.63, 3.8) is 0 Å². The molecule has 0 spiro atoms. The van der Waals surface area contributed by atoms with Gasteiger partial charge in [0.05, 0.1) is 5.52 Å². The van der Waals surface area contributed by atoms with E-state index in [1.54, 1.807) is 6.92 Å². The van der Waals surface area contributed by atoms with Crippen LogP contribution in [0.5, 0.6) is 5.75 Å². The summed E-state index contributed by atoms with van der Waals surface area (Å²) in [6, 6.07) is 14.0. The summed E-state index contributed by atoms with van der Waals surface area (Å²) in [6.45, 7) is 8.18. The van der Waals surface area contributed by atoms with E-state index in [0.717, 1.165) is 23.0 Å². The van der Waals surface area contributed by atoms with Gasteiger partial charge in [-0.25, -0.2) is 4.79 Å². The first-order valence-corrected chi connectivity index (χ1v) is 7.01. The zero-order chi connectivity index (χ0) is 15.0. The van der Waals surface area contributed by atoms with Crippen LogP contribution in [0, 0.1) is 0 Å². The molecule has 0 saturated heterocycles. The Morgan fingerprint density at radius 2 is 1.86 bits per heavy atom. The van der Waals surface area contributed by atoms with Crippen LogP contribution >= 0.6 is 0 Å². The summed E-state index contributed by atoms with van der Waals surface area (Å²) >= 11 is 0. The average Bonchev–Trinajstić information content (AvgIpc) is 2.82. The number of para-hydroxylation sites is 2. The zero-order valence-corrected chi connectivity index (χ0v) is 12.2. The first-order valence-electron chi connectivity index (χ1n) is 7.01. The Balaban J connectivity index is 2.32. The van der Waals surface area contributed by atoms with Crippen molar-refractivity contribution in [1.82, 2.24) is 4.57 Å². The van der Waals surface area contributed by atoms with Crippen molar-refractivity contribution in [2.45, 2.75) is 20.4 Å². The van der Waals surface area contributed by atoms with Crippen molar-refractivity contribution in [2.24, 2.45) is 0 Å². The predicted octanol–water partition coefficient (Wildman–Crippen LogP) is 4.30. The second-order valence-corrected chi connectivity index (χ2v) is 5.08. The van der Waals surface area contributed by atoms with Gasteiger partial charge in [0.2, 0.25) is 0 Å². The minimum Gasteiger partial charge on any atom is -0.421 e. The topological polar surface area (TPSA) is 31.2 Å². The van der Waals surface area contributed by atoms with Crippen LogP contribution in [-0.4, -0.2) is 10.5 Å². The quantitative estimate of drug-likeness (QED) is 0.407. The number of aryl methyl sites for hydroxylation is 1. The normalized spacial score (nSPS) is 11.0. The molecule has 0 saturated carbocycles. The molecule has 0 aliphatic carbocycles. The Morgan fingerprint density at radius 3 is 2.57 bits per heavy atom. The first kappa shape index (κ1) is 13.4. The molecular formula is C18H17NO2. The third-order valence-corrected chi connectivity index (χ3v) is 3.62. The largest absolute Gasteiger partial charge is 0.421 e. The SMILES string of the molecule is C=C(C)C(=O)Oc1cccc2c3ccccc3n(CC)c12. The number of carbonyl (C=O) groups excluding carboxylic acids is 1. The van der Waals surface area contributed by atoms with Crippen molar-refractivity contribution in [3.8, 4) is 5.75 Å². The molecule has 1 heterocycles. The highest BCUT2D eigenvalue weighted by atomic mass is 16.5. The lowest BCUT2D eigenvalue weighted by molar-refractivity contribution is -0.130. The van der Waals surface area contributed by atoms with E-state index >= 15 is 0 Å². The molecular weight excluding hydrogens is 262 g/mol. The summed E-state index contributed by atoms with van der Waals surface area (Å²) in [4.78, 5) is 11.8. The molecule has 0 aliphatic heterocycles. The first-order chi connectivity index (χ1) is 10.1.